The number of halogens is 1. The van der Waals surface area contributed by atoms with Gasteiger partial charge in [0.1, 0.15) is 5.82 Å². The molecule has 1 aromatic heterocycles. The molecule has 4 rings (SSSR count). The molecule has 1 aromatic carbocycles. The third-order valence-electron chi connectivity index (χ3n) is 4.89. The molecule has 0 aliphatic carbocycles. The van der Waals surface area contributed by atoms with Crippen molar-refractivity contribution in [2.45, 2.75) is 25.3 Å². The second kappa shape index (κ2) is 6.57. The van der Waals surface area contributed by atoms with Gasteiger partial charge in [0.25, 0.3) is 0 Å². The average Bonchev–Trinajstić information content (AvgIpc) is 3.34. The number of nitrogens with one attached hydrogen (secondary N) is 1. The van der Waals surface area contributed by atoms with Gasteiger partial charge in [-0.1, -0.05) is 29.8 Å². The molecule has 126 valence electrons. The maximum absolute atomic E-state index is 12.7. The zero-order valence-electron chi connectivity index (χ0n) is 13.4. The highest BCUT2D eigenvalue weighted by molar-refractivity contribution is 6.33. The maximum Gasteiger partial charge on any atom is 0.228 e. The Kier molecular flexibility index (Phi) is 4.29. The first kappa shape index (κ1) is 15.7. The summed E-state index contributed by atoms with van der Waals surface area (Å²) in [5.74, 6) is 1.05. The number of hydrogen-bond donors (Lipinski definition) is 1. The third kappa shape index (κ3) is 2.82. The minimum atomic E-state index is 0.00333. The molecule has 2 fully saturated rings. The second-order valence-corrected chi connectivity index (χ2v) is 6.82. The van der Waals surface area contributed by atoms with Crippen molar-refractivity contribution >= 4 is 17.5 Å². The van der Waals surface area contributed by atoms with E-state index in [0.717, 1.165) is 42.9 Å². The number of carbonyl (C=O) groups excluding carboxylic acids is 1. The summed E-state index contributed by atoms with van der Waals surface area (Å²) >= 11 is 6.27. The Hall–Kier alpha value is -1.85. The minimum absolute atomic E-state index is 0.00333. The summed E-state index contributed by atoms with van der Waals surface area (Å²) in [6.07, 6.45) is 4.57. The first-order valence-corrected chi connectivity index (χ1v) is 8.80. The predicted octanol–water partition coefficient (Wildman–Crippen LogP) is 3.43. The highest BCUT2D eigenvalue weighted by Crippen LogP contribution is 2.34. The SMILES string of the molecule is O=C([C@H]1CCOC1)N1CCC[C@@H]1c1ncc(-c2ccccc2Cl)[nH]1. The molecule has 2 aliphatic rings. The Morgan fingerprint density at radius 3 is 3.00 bits per heavy atom. The molecule has 0 spiro atoms. The molecule has 0 saturated carbocycles. The average molecular weight is 346 g/mol. The van der Waals surface area contributed by atoms with E-state index in [9.17, 15) is 4.79 Å². The van der Waals surface area contributed by atoms with Crippen molar-refractivity contribution < 1.29 is 9.53 Å². The summed E-state index contributed by atoms with van der Waals surface area (Å²) in [5.41, 5.74) is 1.82. The van der Waals surface area contributed by atoms with E-state index in [1.54, 1.807) is 6.20 Å². The molecule has 6 heteroatoms. The van der Waals surface area contributed by atoms with E-state index >= 15 is 0 Å². The van der Waals surface area contributed by atoms with Crippen LogP contribution in [0, 0.1) is 5.92 Å². The van der Waals surface area contributed by atoms with Crippen LogP contribution in [0.3, 0.4) is 0 Å². The number of rotatable bonds is 3. The highest BCUT2D eigenvalue weighted by Gasteiger charge is 2.36. The van der Waals surface area contributed by atoms with Gasteiger partial charge in [-0.05, 0) is 25.3 Å². The monoisotopic (exact) mass is 345 g/mol. The number of benzene rings is 1. The van der Waals surface area contributed by atoms with Crippen molar-refractivity contribution in [1.29, 1.82) is 0 Å². The number of aromatic amines is 1. The molecule has 3 heterocycles. The molecule has 0 unspecified atom stereocenters. The van der Waals surface area contributed by atoms with Crippen molar-refractivity contribution in [1.82, 2.24) is 14.9 Å². The van der Waals surface area contributed by atoms with Crippen LogP contribution in [0.1, 0.15) is 31.1 Å². The number of ether oxygens (including phenoxy) is 1. The van der Waals surface area contributed by atoms with Gasteiger partial charge in [0.2, 0.25) is 5.91 Å². The number of likely N-dealkylation sites (tertiary alicyclic amines) is 1. The smallest absolute Gasteiger partial charge is 0.228 e. The Balaban J connectivity index is 1.57. The molecular formula is C18H20ClN3O2. The molecule has 24 heavy (non-hydrogen) atoms. The van der Waals surface area contributed by atoms with Crippen LogP contribution in [0.5, 0.6) is 0 Å². The van der Waals surface area contributed by atoms with Crippen molar-refractivity contribution in [3.63, 3.8) is 0 Å². The van der Waals surface area contributed by atoms with Crippen LogP contribution >= 0.6 is 11.6 Å². The van der Waals surface area contributed by atoms with E-state index < -0.39 is 0 Å². The highest BCUT2D eigenvalue weighted by atomic mass is 35.5. The van der Waals surface area contributed by atoms with Crippen molar-refractivity contribution in [3.05, 3.63) is 41.3 Å². The van der Waals surface area contributed by atoms with Crippen LogP contribution in [0.2, 0.25) is 5.02 Å². The molecule has 2 saturated heterocycles. The van der Waals surface area contributed by atoms with Gasteiger partial charge in [0, 0.05) is 23.7 Å². The number of aromatic nitrogens is 2. The van der Waals surface area contributed by atoms with Crippen LogP contribution < -0.4 is 0 Å². The van der Waals surface area contributed by atoms with E-state index in [-0.39, 0.29) is 17.9 Å². The normalized spacial score (nSPS) is 23.8. The summed E-state index contributed by atoms with van der Waals surface area (Å²) in [7, 11) is 0. The van der Waals surface area contributed by atoms with E-state index in [2.05, 4.69) is 9.97 Å². The zero-order chi connectivity index (χ0) is 16.5. The van der Waals surface area contributed by atoms with Gasteiger partial charge >= 0.3 is 0 Å². The van der Waals surface area contributed by atoms with E-state index in [1.807, 2.05) is 29.2 Å². The van der Waals surface area contributed by atoms with Gasteiger partial charge in [-0.15, -0.1) is 0 Å². The molecule has 2 aromatic rings. The summed E-state index contributed by atoms with van der Waals surface area (Å²) in [6, 6.07) is 7.71. The lowest BCUT2D eigenvalue weighted by molar-refractivity contribution is -0.136. The number of carbonyl (C=O) groups is 1. The fourth-order valence-electron chi connectivity index (χ4n) is 3.60. The summed E-state index contributed by atoms with van der Waals surface area (Å²) in [6.45, 7) is 2.03. The van der Waals surface area contributed by atoms with E-state index in [0.29, 0.717) is 18.2 Å². The number of H-pyrrole nitrogens is 1. The van der Waals surface area contributed by atoms with Gasteiger partial charge in [-0.3, -0.25) is 4.79 Å². The molecule has 5 nitrogen and oxygen atoms in total. The predicted molar refractivity (Wildman–Crippen MR) is 91.6 cm³/mol. The Morgan fingerprint density at radius 1 is 1.33 bits per heavy atom. The molecule has 2 atom stereocenters. The first-order valence-electron chi connectivity index (χ1n) is 8.42. The van der Waals surface area contributed by atoms with E-state index in [4.69, 9.17) is 16.3 Å². The van der Waals surface area contributed by atoms with Gasteiger partial charge in [0.15, 0.2) is 0 Å². The van der Waals surface area contributed by atoms with Gasteiger partial charge in [0.05, 0.1) is 30.5 Å². The van der Waals surface area contributed by atoms with Crippen molar-refractivity contribution in [2.24, 2.45) is 5.92 Å². The lowest BCUT2D eigenvalue weighted by Crippen LogP contribution is -2.36. The molecule has 1 amide bonds. The Bertz CT molecular complexity index is 739. The minimum Gasteiger partial charge on any atom is -0.381 e. The van der Waals surface area contributed by atoms with Gasteiger partial charge in [-0.2, -0.15) is 0 Å². The fourth-order valence-corrected chi connectivity index (χ4v) is 3.84. The largest absolute Gasteiger partial charge is 0.381 e. The quantitative estimate of drug-likeness (QED) is 0.927. The molecular weight excluding hydrogens is 326 g/mol. The number of nitrogens with zero attached hydrogens (tertiary/aromatic N) is 2. The Labute approximate surface area is 146 Å². The zero-order valence-corrected chi connectivity index (χ0v) is 14.1. The lowest BCUT2D eigenvalue weighted by atomic mass is 10.1. The molecule has 0 bridgehead atoms. The summed E-state index contributed by atoms with van der Waals surface area (Å²) in [5, 5.41) is 0.690. The Morgan fingerprint density at radius 2 is 2.21 bits per heavy atom. The molecule has 1 N–H and O–H groups in total. The number of hydrogen-bond acceptors (Lipinski definition) is 3. The van der Waals surface area contributed by atoms with Crippen LogP contribution in [0.25, 0.3) is 11.3 Å². The molecule has 2 aliphatic heterocycles. The van der Waals surface area contributed by atoms with Crippen LogP contribution in [-0.2, 0) is 9.53 Å². The topological polar surface area (TPSA) is 58.2 Å². The standard InChI is InChI=1S/C18H20ClN3O2/c19-14-5-2-1-4-13(14)15-10-20-17(21-15)16-6-3-8-22(16)18(23)12-7-9-24-11-12/h1-2,4-5,10,12,16H,3,6-9,11H2,(H,20,21)/t12-,16+/m0/s1. The van der Waals surface area contributed by atoms with Crippen molar-refractivity contribution in [3.8, 4) is 11.3 Å². The number of amides is 1. The van der Waals surface area contributed by atoms with Crippen LogP contribution in [0.4, 0.5) is 0 Å². The molecule has 0 radical (unpaired) electrons. The summed E-state index contributed by atoms with van der Waals surface area (Å²) in [4.78, 5) is 22.6. The summed E-state index contributed by atoms with van der Waals surface area (Å²) < 4.78 is 5.37. The van der Waals surface area contributed by atoms with E-state index in [1.165, 1.54) is 0 Å². The first-order chi connectivity index (χ1) is 11.7. The number of imidazole rings is 1. The fraction of sp³-hybridized carbons (Fsp3) is 0.444. The maximum atomic E-state index is 12.7. The van der Waals surface area contributed by atoms with Gasteiger partial charge < -0.3 is 14.6 Å². The lowest BCUT2D eigenvalue weighted by Gasteiger charge is -2.25. The van der Waals surface area contributed by atoms with Crippen molar-refractivity contribution in [2.75, 3.05) is 19.8 Å². The van der Waals surface area contributed by atoms with Gasteiger partial charge in [-0.25, -0.2) is 4.98 Å². The third-order valence-corrected chi connectivity index (χ3v) is 5.22. The van der Waals surface area contributed by atoms with Crippen LogP contribution in [-0.4, -0.2) is 40.5 Å². The second-order valence-electron chi connectivity index (χ2n) is 6.41. The van der Waals surface area contributed by atoms with Crippen LogP contribution in [0.15, 0.2) is 30.5 Å².